The van der Waals surface area contributed by atoms with Crippen molar-refractivity contribution in [2.24, 2.45) is 0 Å². The van der Waals surface area contributed by atoms with Gasteiger partial charge in [-0.2, -0.15) is 0 Å². The Bertz CT molecular complexity index is 853. The summed E-state index contributed by atoms with van der Waals surface area (Å²) in [6, 6.07) is 0. The predicted octanol–water partition coefficient (Wildman–Crippen LogP) is 9.46. The van der Waals surface area contributed by atoms with Crippen LogP contribution < -0.4 is 9.16 Å². The molecule has 206 valence electrons. The van der Waals surface area contributed by atoms with Gasteiger partial charge in [0.2, 0.25) is 0 Å². The van der Waals surface area contributed by atoms with E-state index in [1.165, 1.54) is 73.6 Å². The summed E-state index contributed by atoms with van der Waals surface area (Å²) in [5.41, 5.74) is 5.17. The maximum Gasteiger partial charge on any atom is 0.303 e. The molecule has 0 aliphatic carbocycles. The van der Waals surface area contributed by atoms with E-state index in [-0.39, 0.29) is 5.04 Å². The molecule has 0 saturated carbocycles. The monoisotopic (exact) mass is 518 g/mol. The van der Waals surface area contributed by atoms with Gasteiger partial charge in [-0.15, -0.1) is 0 Å². The number of fused-ring (bicyclic) bond motifs is 1. The summed E-state index contributed by atoms with van der Waals surface area (Å²) < 4.78 is 13.4. The van der Waals surface area contributed by atoms with Crippen molar-refractivity contribution in [1.29, 1.82) is 0 Å². The van der Waals surface area contributed by atoms with E-state index in [9.17, 15) is 4.79 Å². The van der Waals surface area contributed by atoms with Crippen LogP contribution in [-0.2, 0) is 11.2 Å². The second-order valence-corrected chi connectivity index (χ2v) is 17.3. The minimum Gasteiger partial charge on any atom is -0.543 e. The molecular weight excluding hydrogens is 464 g/mol. The second-order valence-electron chi connectivity index (χ2n) is 12.6. The van der Waals surface area contributed by atoms with Gasteiger partial charge >= 0.3 is 5.97 Å². The second kappa shape index (κ2) is 13.9. The van der Waals surface area contributed by atoms with E-state index in [2.05, 4.69) is 54.6 Å². The van der Waals surface area contributed by atoms with Gasteiger partial charge in [0.05, 0.1) is 6.10 Å². The maximum absolute atomic E-state index is 10.5. The van der Waals surface area contributed by atoms with Crippen LogP contribution in [0.5, 0.6) is 11.5 Å². The number of aliphatic carboxylic acids is 1. The third kappa shape index (κ3) is 8.81. The first-order chi connectivity index (χ1) is 16.8. The Kier molecular flexibility index (Phi) is 11.8. The molecule has 1 unspecified atom stereocenters. The number of hydrogen-bond donors (Lipinski definition) is 1. The van der Waals surface area contributed by atoms with Gasteiger partial charge in [0, 0.05) is 12.0 Å². The zero-order valence-corrected chi connectivity index (χ0v) is 25.6. The third-order valence-corrected chi connectivity index (χ3v) is 13.0. The molecule has 1 aromatic carbocycles. The minimum atomic E-state index is -1.90. The largest absolute Gasteiger partial charge is 0.543 e. The van der Waals surface area contributed by atoms with E-state index in [0.717, 1.165) is 43.6 Å². The lowest BCUT2D eigenvalue weighted by molar-refractivity contribution is -0.137. The molecule has 5 heteroatoms. The van der Waals surface area contributed by atoms with Crippen LogP contribution in [0, 0.1) is 20.8 Å². The van der Waals surface area contributed by atoms with Gasteiger partial charge in [0.15, 0.2) is 0 Å². The molecule has 1 heterocycles. The fourth-order valence-electron chi connectivity index (χ4n) is 4.97. The van der Waals surface area contributed by atoms with Gasteiger partial charge < -0.3 is 14.3 Å². The SMILES string of the molecule is Cc1c(C)c2c(c(C)c1O[Si](C)(C)C(C)(C)C)CCC(CCCCCCCCCCCCC(=O)O)O2. The molecule has 1 aliphatic rings. The summed E-state index contributed by atoms with van der Waals surface area (Å²) in [6.45, 7) is 18.2. The lowest BCUT2D eigenvalue weighted by Gasteiger charge is -2.39. The van der Waals surface area contributed by atoms with Gasteiger partial charge in [-0.3, -0.25) is 4.79 Å². The molecule has 0 bridgehead atoms. The van der Waals surface area contributed by atoms with E-state index >= 15 is 0 Å². The van der Waals surface area contributed by atoms with Gasteiger partial charge in [-0.05, 0) is 87.7 Å². The fraction of sp³-hybridized carbons (Fsp3) is 0.774. The molecule has 1 atom stereocenters. The Balaban J connectivity index is 1.76. The average Bonchev–Trinajstić information content (AvgIpc) is 2.80. The zero-order valence-electron chi connectivity index (χ0n) is 24.6. The molecule has 36 heavy (non-hydrogen) atoms. The summed E-state index contributed by atoms with van der Waals surface area (Å²) in [4.78, 5) is 10.5. The molecule has 1 aliphatic heterocycles. The highest BCUT2D eigenvalue weighted by molar-refractivity contribution is 6.74. The number of hydrogen-bond acceptors (Lipinski definition) is 3. The van der Waals surface area contributed by atoms with Crippen LogP contribution in [0.1, 0.15) is 126 Å². The van der Waals surface area contributed by atoms with Gasteiger partial charge in [-0.25, -0.2) is 0 Å². The van der Waals surface area contributed by atoms with Crippen molar-refractivity contribution in [2.75, 3.05) is 0 Å². The van der Waals surface area contributed by atoms with Gasteiger partial charge in [-0.1, -0.05) is 72.1 Å². The number of ether oxygens (including phenoxy) is 1. The van der Waals surface area contributed by atoms with Crippen LogP contribution in [0.3, 0.4) is 0 Å². The number of carbonyl (C=O) groups is 1. The lowest BCUT2D eigenvalue weighted by Crippen LogP contribution is -2.44. The fourth-order valence-corrected chi connectivity index (χ4v) is 6.10. The Labute approximate surface area is 222 Å². The molecule has 0 amide bonds. The summed E-state index contributed by atoms with van der Waals surface area (Å²) in [5.74, 6) is 1.58. The Hall–Kier alpha value is -1.49. The summed E-state index contributed by atoms with van der Waals surface area (Å²) in [5, 5.41) is 8.85. The predicted molar refractivity (Wildman–Crippen MR) is 154 cm³/mol. The summed E-state index contributed by atoms with van der Waals surface area (Å²) in [6.07, 6.45) is 16.1. The lowest BCUT2D eigenvalue weighted by atomic mass is 9.90. The molecular formula is C31H54O4Si. The number of benzene rings is 1. The van der Waals surface area contributed by atoms with Crippen molar-refractivity contribution in [3.63, 3.8) is 0 Å². The summed E-state index contributed by atoms with van der Waals surface area (Å²) >= 11 is 0. The smallest absolute Gasteiger partial charge is 0.303 e. The normalized spacial score (nSPS) is 15.9. The highest BCUT2D eigenvalue weighted by Crippen LogP contribution is 2.45. The van der Waals surface area contributed by atoms with Crippen LogP contribution in [-0.4, -0.2) is 25.5 Å². The first-order valence-electron chi connectivity index (χ1n) is 14.5. The van der Waals surface area contributed by atoms with Crippen LogP contribution in [0.15, 0.2) is 0 Å². The Morgan fingerprint density at radius 2 is 1.42 bits per heavy atom. The number of unbranched alkanes of at least 4 members (excludes halogenated alkanes) is 9. The van der Waals surface area contributed by atoms with Crippen LogP contribution >= 0.6 is 0 Å². The maximum atomic E-state index is 10.5. The highest BCUT2D eigenvalue weighted by atomic mass is 28.4. The van der Waals surface area contributed by atoms with Crippen molar-refractivity contribution in [3.8, 4) is 11.5 Å². The van der Waals surface area contributed by atoms with Crippen molar-refractivity contribution in [3.05, 3.63) is 22.3 Å². The molecule has 0 fully saturated rings. The quantitative estimate of drug-likeness (QED) is 0.185. The Morgan fingerprint density at radius 3 is 1.94 bits per heavy atom. The van der Waals surface area contributed by atoms with E-state index in [1.807, 2.05) is 0 Å². The van der Waals surface area contributed by atoms with Crippen molar-refractivity contribution >= 4 is 14.3 Å². The van der Waals surface area contributed by atoms with Crippen LogP contribution in [0.2, 0.25) is 18.1 Å². The van der Waals surface area contributed by atoms with Crippen molar-refractivity contribution < 1.29 is 19.1 Å². The van der Waals surface area contributed by atoms with E-state index in [0.29, 0.717) is 12.5 Å². The number of carboxylic acids is 1. The van der Waals surface area contributed by atoms with E-state index < -0.39 is 14.3 Å². The molecule has 4 nitrogen and oxygen atoms in total. The number of rotatable bonds is 15. The van der Waals surface area contributed by atoms with Gasteiger partial charge in [0.25, 0.3) is 8.32 Å². The van der Waals surface area contributed by atoms with Crippen LogP contribution in [0.4, 0.5) is 0 Å². The van der Waals surface area contributed by atoms with Crippen LogP contribution in [0.25, 0.3) is 0 Å². The molecule has 1 aromatic rings. The first-order valence-corrected chi connectivity index (χ1v) is 17.5. The third-order valence-electron chi connectivity index (χ3n) is 8.64. The van der Waals surface area contributed by atoms with Gasteiger partial charge in [0.1, 0.15) is 11.5 Å². The molecule has 0 radical (unpaired) electrons. The zero-order chi connectivity index (χ0) is 26.9. The topological polar surface area (TPSA) is 55.8 Å². The minimum absolute atomic E-state index is 0.181. The van der Waals surface area contributed by atoms with E-state index in [1.54, 1.807) is 0 Å². The average molecular weight is 519 g/mol. The number of carboxylic acid groups (broad SMARTS) is 1. The molecule has 0 spiro atoms. The Morgan fingerprint density at radius 1 is 0.889 bits per heavy atom. The van der Waals surface area contributed by atoms with Crippen molar-refractivity contribution in [2.45, 2.75) is 156 Å². The molecule has 1 N–H and O–H groups in total. The van der Waals surface area contributed by atoms with Crippen molar-refractivity contribution in [1.82, 2.24) is 0 Å². The van der Waals surface area contributed by atoms with E-state index in [4.69, 9.17) is 14.3 Å². The standard InChI is InChI=1S/C31H54O4Si/c1-23-24(2)30-27(25(3)29(23)35-36(7,8)31(4,5)6)22-21-26(34-30)19-17-15-13-11-9-10-12-14-16-18-20-28(32)33/h26H,9-22H2,1-8H3,(H,32,33). The molecule has 0 saturated heterocycles. The molecule has 2 rings (SSSR count). The first kappa shape index (κ1) is 30.7. The molecule has 0 aromatic heterocycles. The highest BCUT2D eigenvalue weighted by Gasteiger charge is 2.40. The summed E-state index contributed by atoms with van der Waals surface area (Å²) in [7, 11) is -1.90.